The molecular weight excluding hydrogens is 328 g/mol. The minimum atomic E-state index is -0.185. The van der Waals surface area contributed by atoms with E-state index >= 15 is 0 Å². The number of amides is 1. The average Bonchev–Trinajstić information content (AvgIpc) is 3.25. The number of nitrogens with one attached hydrogen (secondary N) is 1. The molecule has 24 heavy (non-hydrogen) atoms. The summed E-state index contributed by atoms with van der Waals surface area (Å²) in [6, 6.07) is 2.26. The highest BCUT2D eigenvalue weighted by Crippen LogP contribution is 2.22. The number of anilines is 1. The van der Waals surface area contributed by atoms with Crippen molar-refractivity contribution in [3.05, 3.63) is 40.5 Å². The normalized spacial score (nSPS) is 10.8. The number of thiazole rings is 1. The molecule has 9 heteroatoms. The summed E-state index contributed by atoms with van der Waals surface area (Å²) in [7, 11) is 3.62. The van der Waals surface area contributed by atoms with Crippen molar-refractivity contribution in [2.45, 2.75) is 20.4 Å². The van der Waals surface area contributed by atoms with Gasteiger partial charge in [0.25, 0.3) is 5.91 Å². The third-order valence-corrected chi connectivity index (χ3v) is 4.28. The van der Waals surface area contributed by atoms with Gasteiger partial charge in [0, 0.05) is 37.1 Å². The molecule has 3 heterocycles. The monoisotopic (exact) mass is 346 g/mol. The first-order valence-electron chi connectivity index (χ1n) is 7.34. The second-order valence-electron chi connectivity index (χ2n) is 5.49. The van der Waals surface area contributed by atoms with E-state index in [1.807, 2.05) is 44.0 Å². The Labute approximate surface area is 143 Å². The van der Waals surface area contributed by atoms with Crippen LogP contribution in [0.3, 0.4) is 0 Å². The zero-order chi connectivity index (χ0) is 17.3. The molecule has 0 spiro atoms. The zero-order valence-electron chi connectivity index (χ0n) is 13.9. The van der Waals surface area contributed by atoms with Gasteiger partial charge in [-0.25, -0.2) is 4.98 Å². The Bertz CT molecular complexity index is 850. The summed E-state index contributed by atoms with van der Waals surface area (Å²) in [5.74, 6) is 0.177. The number of carbonyl (C=O) groups is 1. The van der Waals surface area contributed by atoms with Crippen LogP contribution in [0.25, 0.3) is 5.13 Å². The van der Waals surface area contributed by atoms with E-state index in [0.29, 0.717) is 17.5 Å². The molecule has 8 nitrogen and oxygen atoms in total. The molecule has 0 aromatic carbocycles. The summed E-state index contributed by atoms with van der Waals surface area (Å²) in [5.41, 5.74) is 2.41. The largest absolute Gasteiger partial charge is 0.406 e. The highest BCUT2D eigenvalue weighted by molar-refractivity contribution is 7.12. The Balaban J connectivity index is 1.74. The van der Waals surface area contributed by atoms with Gasteiger partial charge in [-0.1, -0.05) is 5.10 Å². The van der Waals surface area contributed by atoms with Crippen LogP contribution in [0, 0.1) is 13.8 Å². The topological polar surface area (TPSA) is 89.1 Å². The lowest BCUT2D eigenvalue weighted by atomic mass is 10.2. The number of carbonyl (C=O) groups excluding carboxylic acids is 1. The molecule has 1 N–H and O–H groups in total. The Morgan fingerprint density at radius 1 is 1.38 bits per heavy atom. The molecule has 3 aromatic heterocycles. The lowest BCUT2D eigenvalue weighted by Gasteiger charge is -2.06. The highest BCUT2D eigenvalue weighted by atomic mass is 32.1. The summed E-state index contributed by atoms with van der Waals surface area (Å²) in [4.78, 5) is 18.5. The molecule has 0 bridgehead atoms. The van der Waals surface area contributed by atoms with E-state index in [1.54, 1.807) is 11.1 Å². The second-order valence-corrected chi connectivity index (χ2v) is 6.36. The van der Waals surface area contributed by atoms with Crippen molar-refractivity contribution < 1.29 is 9.21 Å². The van der Waals surface area contributed by atoms with E-state index in [4.69, 9.17) is 4.42 Å². The zero-order valence-corrected chi connectivity index (χ0v) is 14.7. The molecule has 0 aliphatic rings. The Kier molecular flexibility index (Phi) is 4.34. The molecule has 0 atom stereocenters. The average molecular weight is 346 g/mol. The molecule has 0 fully saturated rings. The third kappa shape index (κ3) is 3.02. The minimum absolute atomic E-state index is 0.181. The highest BCUT2D eigenvalue weighted by Gasteiger charge is 2.18. The van der Waals surface area contributed by atoms with Crippen LogP contribution in [0.15, 0.2) is 22.1 Å². The molecule has 0 aliphatic heterocycles. The minimum Gasteiger partial charge on any atom is -0.406 e. The van der Waals surface area contributed by atoms with E-state index in [-0.39, 0.29) is 12.5 Å². The van der Waals surface area contributed by atoms with Crippen LogP contribution in [0.2, 0.25) is 0 Å². The van der Waals surface area contributed by atoms with E-state index in [2.05, 4.69) is 20.5 Å². The number of nitrogens with zero attached hydrogens (tertiary/aromatic N) is 5. The first kappa shape index (κ1) is 16.2. The van der Waals surface area contributed by atoms with Crippen molar-refractivity contribution in [2.24, 2.45) is 0 Å². The Morgan fingerprint density at radius 2 is 2.17 bits per heavy atom. The Morgan fingerprint density at radius 3 is 2.79 bits per heavy atom. The van der Waals surface area contributed by atoms with Crippen molar-refractivity contribution in [3.8, 4) is 5.13 Å². The van der Waals surface area contributed by atoms with Gasteiger partial charge in [-0.3, -0.25) is 9.36 Å². The molecule has 0 unspecified atom stereocenters. The van der Waals surface area contributed by atoms with Gasteiger partial charge in [-0.05, 0) is 19.9 Å². The fourth-order valence-electron chi connectivity index (χ4n) is 2.36. The summed E-state index contributed by atoms with van der Waals surface area (Å²) < 4.78 is 7.39. The number of hydrogen-bond acceptors (Lipinski definition) is 7. The predicted molar refractivity (Wildman–Crippen MR) is 90.7 cm³/mol. The van der Waals surface area contributed by atoms with Gasteiger partial charge in [-0.2, -0.15) is 0 Å². The quantitative estimate of drug-likeness (QED) is 0.759. The second kappa shape index (κ2) is 6.44. The van der Waals surface area contributed by atoms with Crippen LogP contribution in [0.1, 0.15) is 27.6 Å². The van der Waals surface area contributed by atoms with Gasteiger partial charge in [-0.15, -0.1) is 16.4 Å². The van der Waals surface area contributed by atoms with Crippen LogP contribution in [0.5, 0.6) is 0 Å². The number of aryl methyl sites for hydroxylation is 1. The molecule has 1 amide bonds. The smallest absolute Gasteiger partial charge is 0.317 e. The van der Waals surface area contributed by atoms with Crippen molar-refractivity contribution >= 4 is 23.3 Å². The van der Waals surface area contributed by atoms with Gasteiger partial charge < -0.3 is 14.6 Å². The van der Waals surface area contributed by atoms with Gasteiger partial charge in [0.1, 0.15) is 0 Å². The van der Waals surface area contributed by atoms with Crippen LogP contribution >= 0.6 is 11.3 Å². The Hall–Kier alpha value is -2.68. The summed E-state index contributed by atoms with van der Waals surface area (Å²) in [5, 5.41) is 13.3. The molecule has 3 aromatic rings. The summed E-state index contributed by atoms with van der Waals surface area (Å²) in [6.45, 7) is 4.04. The van der Waals surface area contributed by atoms with Crippen LogP contribution < -0.4 is 10.2 Å². The van der Waals surface area contributed by atoms with Crippen LogP contribution in [-0.2, 0) is 6.54 Å². The predicted octanol–water partition coefficient (Wildman–Crippen LogP) is 1.93. The van der Waals surface area contributed by atoms with E-state index in [1.165, 1.54) is 11.3 Å². The first-order valence-corrected chi connectivity index (χ1v) is 8.22. The maximum absolute atomic E-state index is 12.5. The maximum atomic E-state index is 12.5. The number of rotatable bonds is 5. The van der Waals surface area contributed by atoms with Crippen molar-refractivity contribution in [3.63, 3.8) is 0 Å². The SMILES string of the molecule is Cc1cc(C(=O)NCc2nnc(N(C)C)o2)c(C)n1-c1nccs1. The molecule has 0 saturated heterocycles. The molecule has 3 rings (SSSR count). The van der Waals surface area contributed by atoms with Gasteiger partial charge in [0.15, 0.2) is 5.13 Å². The van der Waals surface area contributed by atoms with Crippen LogP contribution in [-0.4, -0.2) is 39.8 Å². The molecular formula is C15H18N6O2S. The maximum Gasteiger partial charge on any atom is 0.317 e. The summed E-state index contributed by atoms with van der Waals surface area (Å²) >= 11 is 1.53. The van der Waals surface area contributed by atoms with E-state index < -0.39 is 0 Å². The number of hydrogen-bond donors (Lipinski definition) is 1. The van der Waals surface area contributed by atoms with Crippen molar-refractivity contribution in [1.29, 1.82) is 0 Å². The lowest BCUT2D eigenvalue weighted by Crippen LogP contribution is -2.23. The molecule has 126 valence electrons. The van der Waals surface area contributed by atoms with Crippen molar-refractivity contribution in [1.82, 2.24) is 25.1 Å². The van der Waals surface area contributed by atoms with Gasteiger partial charge in [0.05, 0.1) is 12.1 Å². The molecule has 0 aliphatic carbocycles. The third-order valence-electron chi connectivity index (χ3n) is 3.53. The molecule has 0 saturated carbocycles. The number of aromatic nitrogens is 4. The van der Waals surface area contributed by atoms with E-state index in [0.717, 1.165) is 16.5 Å². The van der Waals surface area contributed by atoms with E-state index in [9.17, 15) is 4.79 Å². The first-order chi connectivity index (χ1) is 11.5. The lowest BCUT2D eigenvalue weighted by molar-refractivity contribution is 0.0946. The van der Waals surface area contributed by atoms with Gasteiger partial charge in [0.2, 0.25) is 5.89 Å². The van der Waals surface area contributed by atoms with Gasteiger partial charge >= 0.3 is 6.01 Å². The fourth-order valence-corrected chi connectivity index (χ4v) is 3.11. The summed E-state index contributed by atoms with van der Waals surface area (Å²) in [6.07, 6.45) is 1.75. The van der Waals surface area contributed by atoms with Crippen molar-refractivity contribution in [2.75, 3.05) is 19.0 Å². The fraction of sp³-hybridized carbons (Fsp3) is 0.333. The standard InChI is InChI=1S/C15H18N6O2S/c1-9-7-11(10(2)21(9)15-16-5-6-24-15)13(22)17-8-12-18-19-14(23-12)20(3)4/h5-7H,8H2,1-4H3,(H,17,22). The molecule has 0 radical (unpaired) electrons. The van der Waals surface area contributed by atoms with Crippen LogP contribution in [0.4, 0.5) is 6.01 Å².